The summed E-state index contributed by atoms with van der Waals surface area (Å²) in [6.45, 7) is 11.1. The van der Waals surface area contributed by atoms with E-state index in [4.69, 9.17) is 5.73 Å². The van der Waals surface area contributed by atoms with Crippen molar-refractivity contribution < 1.29 is 0 Å². The zero-order chi connectivity index (χ0) is 12.6. The molecule has 0 aromatic carbocycles. The molecular formula is C14H23N3. The summed E-state index contributed by atoms with van der Waals surface area (Å²) in [7, 11) is 0. The van der Waals surface area contributed by atoms with Crippen LogP contribution in [0, 0.1) is 18.3 Å². The Hall–Kier alpha value is -1.25. The molecule has 1 atom stereocenters. The normalized spacial score (nSPS) is 20.9. The van der Waals surface area contributed by atoms with Crippen LogP contribution in [0.4, 0.5) is 11.5 Å². The molecule has 94 valence electrons. The Morgan fingerprint density at radius 1 is 1.41 bits per heavy atom. The smallest absolute Gasteiger partial charge is 0.151 e. The van der Waals surface area contributed by atoms with E-state index >= 15 is 0 Å². The summed E-state index contributed by atoms with van der Waals surface area (Å²) in [6, 6.07) is 2.01. The number of hydrogen-bond acceptors (Lipinski definition) is 3. The van der Waals surface area contributed by atoms with Crippen LogP contribution < -0.4 is 10.6 Å². The lowest BCUT2D eigenvalue weighted by Crippen LogP contribution is -2.26. The van der Waals surface area contributed by atoms with Crippen LogP contribution in [0.15, 0.2) is 12.3 Å². The van der Waals surface area contributed by atoms with Crippen molar-refractivity contribution >= 4 is 11.5 Å². The van der Waals surface area contributed by atoms with Gasteiger partial charge in [-0.2, -0.15) is 0 Å². The molecule has 0 bridgehead atoms. The molecule has 1 unspecified atom stereocenters. The van der Waals surface area contributed by atoms with Gasteiger partial charge in [0.25, 0.3) is 0 Å². The minimum Gasteiger partial charge on any atom is -0.396 e. The van der Waals surface area contributed by atoms with Crippen LogP contribution in [-0.2, 0) is 0 Å². The molecule has 1 saturated heterocycles. The summed E-state index contributed by atoms with van der Waals surface area (Å²) in [5.41, 5.74) is 8.35. The Labute approximate surface area is 104 Å². The first kappa shape index (κ1) is 12.2. The number of nitrogen functional groups attached to an aromatic ring is 1. The molecule has 1 aliphatic rings. The van der Waals surface area contributed by atoms with Crippen LogP contribution in [-0.4, -0.2) is 18.1 Å². The zero-order valence-electron chi connectivity index (χ0n) is 11.3. The van der Waals surface area contributed by atoms with Crippen LogP contribution in [0.1, 0.15) is 32.8 Å². The number of nitrogens with two attached hydrogens (primary N) is 1. The standard InChI is InChI=1S/C14H23N3/c1-10-7-12(15)13(16-8-10)17-6-5-11(9-17)14(2,3)4/h7-8,11H,5-6,9,15H2,1-4H3. The van der Waals surface area contributed by atoms with E-state index in [2.05, 4.69) is 30.7 Å². The predicted molar refractivity (Wildman–Crippen MR) is 73.2 cm³/mol. The highest BCUT2D eigenvalue weighted by Gasteiger charge is 2.32. The molecule has 0 amide bonds. The first-order chi connectivity index (χ1) is 7.88. The van der Waals surface area contributed by atoms with Crippen molar-refractivity contribution in [1.82, 2.24) is 4.98 Å². The van der Waals surface area contributed by atoms with E-state index in [0.717, 1.165) is 36.1 Å². The van der Waals surface area contributed by atoms with E-state index < -0.39 is 0 Å². The Bertz CT molecular complexity index is 406. The lowest BCUT2D eigenvalue weighted by molar-refractivity contribution is 0.263. The second-order valence-corrected chi connectivity index (χ2v) is 6.22. The third-order valence-corrected chi connectivity index (χ3v) is 3.74. The van der Waals surface area contributed by atoms with Gasteiger partial charge < -0.3 is 10.6 Å². The fourth-order valence-electron chi connectivity index (χ4n) is 2.51. The molecule has 0 spiro atoms. The van der Waals surface area contributed by atoms with Gasteiger partial charge in [-0.1, -0.05) is 20.8 Å². The second-order valence-electron chi connectivity index (χ2n) is 6.22. The van der Waals surface area contributed by atoms with Crippen LogP contribution in [0.3, 0.4) is 0 Å². The molecule has 2 heterocycles. The number of pyridine rings is 1. The van der Waals surface area contributed by atoms with Gasteiger partial charge in [-0.25, -0.2) is 4.98 Å². The minimum absolute atomic E-state index is 0.369. The van der Waals surface area contributed by atoms with E-state index in [1.165, 1.54) is 6.42 Å². The lowest BCUT2D eigenvalue weighted by Gasteiger charge is -2.27. The highest BCUT2D eigenvalue weighted by molar-refractivity contribution is 5.63. The van der Waals surface area contributed by atoms with Gasteiger partial charge in [-0.05, 0) is 36.3 Å². The van der Waals surface area contributed by atoms with Crippen LogP contribution in [0.2, 0.25) is 0 Å². The molecule has 2 rings (SSSR count). The maximum atomic E-state index is 6.05. The van der Waals surface area contributed by atoms with Gasteiger partial charge in [0.15, 0.2) is 5.82 Å². The highest BCUT2D eigenvalue weighted by Crippen LogP contribution is 2.36. The summed E-state index contributed by atoms with van der Waals surface area (Å²) in [5, 5.41) is 0. The topological polar surface area (TPSA) is 42.2 Å². The summed E-state index contributed by atoms with van der Waals surface area (Å²) in [4.78, 5) is 6.80. The summed E-state index contributed by atoms with van der Waals surface area (Å²) in [5.74, 6) is 1.69. The largest absolute Gasteiger partial charge is 0.396 e. The quantitative estimate of drug-likeness (QED) is 0.811. The maximum absolute atomic E-state index is 6.05. The average molecular weight is 233 g/mol. The summed E-state index contributed by atoms with van der Waals surface area (Å²) < 4.78 is 0. The third-order valence-electron chi connectivity index (χ3n) is 3.74. The van der Waals surface area contributed by atoms with E-state index in [0.29, 0.717) is 5.41 Å². The zero-order valence-corrected chi connectivity index (χ0v) is 11.3. The first-order valence-corrected chi connectivity index (χ1v) is 6.35. The number of aryl methyl sites for hydroxylation is 1. The van der Waals surface area contributed by atoms with Gasteiger partial charge in [0, 0.05) is 19.3 Å². The predicted octanol–water partition coefficient (Wildman–Crippen LogP) is 2.84. The molecule has 1 aromatic heterocycles. The van der Waals surface area contributed by atoms with E-state index in [-0.39, 0.29) is 0 Å². The summed E-state index contributed by atoms with van der Waals surface area (Å²) in [6.07, 6.45) is 3.13. The Morgan fingerprint density at radius 3 is 2.65 bits per heavy atom. The number of anilines is 2. The van der Waals surface area contributed by atoms with Crippen molar-refractivity contribution in [2.45, 2.75) is 34.1 Å². The van der Waals surface area contributed by atoms with E-state index in [9.17, 15) is 0 Å². The Kier molecular flexibility index (Phi) is 3.02. The Morgan fingerprint density at radius 2 is 2.12 bits per heavy atom. The van der Waals surface area contributed by atoms with Gasteiger partial charge in [-0.3, -0.25) is 0 Å². The first-order valence-electron chi connectivity index (χ1n) is 6.35. The van der Waals surface area contributed by atoms with E-state index in [1.807, 2.05) is 19.2 Å². The van der Waals surface area contributed by atoms with Crippen molar-refractivity contribution in [2.75, 3.05) is 23.7 Å². The fraction of sp³-hybridized carbons (Fsp3) is 0.643. The number of aromatic nitrogens is 1. The van der Waals surface area contributed by atoms with Gasteiger partial charge >= 0.3 is 0 Å². The van der Waals surface area contributed by atoms with Crippen LogP contribution >= 0.6 is 0 Å². The van der Waals surface area contributed by atoms with Gasteiger partial charge in [0.05, 0.1) is 5.69 Å². The SMILES string of the molecule is Cc1cnc(N2CCC(C(C)(C)C)C2)c(N)c1. The molecule has 3 heteroatoms. The molecule has 1 fully saturated rings. The molecule has 0 radical (unpaired) electrons. The van der Waals surface area contributed by atoms with Crippen molar-refractivity contribution in [3.63, 3.8) is 0 Å². The molecule has 0 aliphatic carbocycles. The van der Waals surface area contributed by atoms with Crippen molar-refractivity contribution in [2.24, 2.45) is 11.3 Å². The van der Waals surface area contributed by atoms with Crippen molar-refractivity contribution in [3.8, 4) is 0 Å². The minimum atomic E-state index is 0.369. The number of rotatable bonds is 1. The third kappa shape index (κ3) is 2.54. The second kappa shape index (κ2) is 4.21. The van der Waals surface area contributed by atoms with Gasteiger partial charge in [0.2, 0.25) is 0 Å². The van der Waals surface area contributed by atoms with Crippen LogP contribution in [0.25, 0.3) is 0 Å². The van der Waals surface area contributed by atoms with Crippen molar-refractivity contribution in [3.05, 3.63) is 17.8 Å². The monoisotopic (exact) mass is 233 g/mol. The van der Waals surface area contributed by atoms with Crippen molar-refractivity contribution in [1.29, 1.82) is 0 Å². The molecule has 3 nitrogen and oxygen atoms in total. The Balaban J connectivity index is 2.15. The molecule has 1 aromatic rings. The number of hydrogen-bond donors (Lipinski definition) is 1. The fourth-order valence-corrected chi connectivity index (χ4v) is 2.51. The molecule has 2 N–H and O–H groups in total. The molecule has 17 heavy (non-hydrogen) atoms. The van der Waals surface area contributed by atoms with E-state index in [1.54, 1.807) is 0 Å². The lowest BCUT2D eigenvalue weighted by atomic mass is 9.80. The average Bonchev–Trinajstić information content (AvgIpc) is 2.65. The molecular weight excluding hydrogens is 210 g/mol. The maximum Gasteiger partial charge on any atom is 0.151 e. The molecule has 0 saturated carbocycles. The highest BCUT2D eigenvalue weighted by atomic mass is 15.2. The number of nitrogens with zero attached hydrogens (tertiary/aromatic N) is 2. The van der Waals surface area contributed by atoms with Crippen LogP contribution in [0.5, 0.6) is 0 Å². The van der Waals surface area contributed by atoms with Gasteiger partial charge in [-0.15, -0.1) is 0 Å². The molecule has 1 aliphatic heterocycles. The van der Waals surface area contributed by atoms with Gasteiger partial charge in [0.1, 0.15) is 0 Å². The summed E-state index contributed by atoms with van der Waals surface area (Å²) >= 11 is 0.